The summed E-state index contributed by atoms with van der Waals surface area (Å²) in [4.78, 5) is 27.9. The fourth-order valence-corrected chi connectivity index (χ4v) is 3.79. The third kappa shape index (κ3) is 4.33. The van der Waals surface area contributed by atoms with Gasteiger partial charge in [0.2, 0.25) is 5.91 Å². The fourth-order valence-electron chi connectivity index (χ4n) is 3.38. The van der Waals surface area contributed by atoms with Crippen molar-refractivity contribution in [3.8, 4) is 0 Å². The first-order valence-electron chi connectivity index (χ1n) is 8.80. The molecule has 2 aromatic carbocycles. The van der Waals surface area contributed by atoms with E-state index in [1.807, 2.05) is 35.4 Å². The number of thioether (sulfide) groups is 1. The van der Waals surface area contributed by atoms with Gasteiger partial charge in [-0.15, -0.1) is 11.8 Å². The molecule has 1 fully saturated rings. The van der Waals surface area contributed by atoms with Crippen molar-refractivity contribution in [3.05, 3.63) is 65.5 Å². The fraction of sp³-hybridized carbons (Fsp3) is 0.333. The third-order valence-corrected chi connectivity index (χ3v) is 5.55. The van der Waals surface area contributed by atoms with Crippen LogP contribution >= 0.6 is 11.8 Å². The van der Waals surface area contributed by atoms with Crippen LogP contribution < -0.4 is 0 Å². The highest BCUT2D eigenvalue weighted by Crippen LogP contribution is 2.32. The Labute approximate surface area is 157 Å². The van der Waals surface area contributed by atoms with Gasteiger partial charge in [0.25, 0.3) is 0 Å². The minimum atomic E-state index is -0.275. The Bertz CT molecular complexity index is 774. The van der Waals surface area contributed by atoms with Crippen LogP contribution in [-0.2, 0) is 4.79 Å². The first-order chi connectivity index (χ1) is 12.6. The van der Waals surface area contributed by atoms with Gasteiger partial charge in [-0.1, -0.05) is 24.3 Å². The first-order valence-corrected chi connectivity index (χ1v) is 10.0. The quantitative estimate of drug-likeness (QED) is 0.537. The molecule has 1 aliphatic rings. The van der Waals surface area contributed by atoms with Crippen molar-refractivity contribution < 1.29 is 14.0 Å². The molecule has 3 rings (SSSR count). The molecule has 5 heteroatoms. The Balaban J connectivity index is 1.59. The Morgan fingerprint density at radius 2 is 1.77 bits per heavy atom. The van der Waals surface area contributed by atoms with Gasteiger partial charge in [0.1, 0.15) is 5.82 Å². The molecule has 1 heterocycles. The van der Waals surface area contributed by atoms with Gasteiger partial charge < -0.3 is 4.90 Å². The molecule has 1 saturated heterocycles. The van der Waals surface area contributed by atoms with E-state index in [0.29, 0.717) is 12.1 Å². The monoisotopic (exact) mass is 371 g/mol. The molecule has 3 nitrogen and oxygen atoms in total. The SMILES string of the molecule is CSc1ccc(C(=O)CCC(=O)N2CCC[C@@H]2c2ccc(F)cc2)cc1. The molecule has 0 aromatic heterocycles. The van der Waals surface area contributed by atoms with Crippen LogP contribution in [0.5, 0.6) is 0 Å². The number of hydrogen-bond donors (Lipinski definition) is 0. The molecule has 0 saturated carbocycles. The molecule has 0 aliphatic carbocycles. The van der Waals surface area contributed by atoms with E-state index in [1.54, 1.807) is 23.9 Å². The van der Waals surface area contributed by atoms with Gasteiger partial charge in [-0.3, -0.25) is 9.59 Å². The van der Waals surface area contributed by atoms with E-state index in [-0.39, 0.29) is 36.4 Å². The summed E-state index contributed by atoms with van der Waals surface area (Å²) < 4.78 is 13.1. The molecule has 1 atom stereocenters. The summed E-state index contributed by atoms with van der Waals surface area (Å²) in [6, 6.07) is 13.8. The van der Waals surface area contributed by atoms with E-state index in [4.69, 9.17) is 0 Å². The average Bonchev–Trinajstić information content (AvgIpc) is 3.16. The van der Waals surface area contributed by atoms with E-state index in [2.05, 4.69) is 0 Å². The van der Waals surface area contributed by atoms with Crippen LogP contribution in [0.3, 0.4) is 0 Å². The van der Waals surface area contributed by atoms with Gasteiger partial charge in [0.15, 0.2) is 5.78 Å². The Kier molecular flexibility index (Phi) is 6.09. The van der Waals surface area contributed by atoms with E-state index in [9.17, 15) is 14.0 Å². The highest BCUT2D eigenvalue weighted by molar-refractivity contribution is 7.98. The molecule has 0 spiro atoms. The number of rotatable bonds is 6. The van der Waals surface area contributed by atoms with Crippen LogP contribution in [-0.4, -0.2) is 29.4 Å². The lowest BCUT2D eigenvalue weighted by Gasteiger charge is -2.25. The third-order valence-electron chi connectivity index (χ3n) is 4.81. The van der Waals surface area contributed by atoms with Crippen molar-refractivity contribution in [3.63, 3.8) is 0 Å². The number of likely N-dealkylation sites (tertiary alicyclic amines) is 1. The molecular formula is C21H22FNO2S. The van der Waals surface area contributed by atoms with Crippen LogP contribution in [0.25, 0.3) is 0 Å². The molecular weight excluding hydrogens is 349 g/mol. The van der Waals surface area contributed by atoms with E-state index >= 15 is 0 Å². The zero-order chi connectivity index (χ0) is 18.5. The van der Waals surface area contributed by atoms with Gasteiger partial charge in [-0.2, -0.15) is 0 Å². The second-order valence-electron chi connectivity index (χ2n) is 6.45. The molecule has 136 valence electrons. The molecule has 0 radical (unpaired) electrons. The highest BCUT2D eigenvalue weighted by atomic mass is 32.2. The van der Waals surface area contributed by atoms with Crippen molar-refractivity contribution in [2.24, 2.45) is 0 Å². The molecule has 1 aliphatic heterocycles. The Morgan fingerprint density at radius 3 is 2.42 bits per heavy atom. The van der Waals surface area contributed by atoms with E-state index in [1.165, 1.54) is 12.1 Å². The zero-order valence-electron chi connectivity index (χ0n) is 14.8. The van der Waals surface area contributed by atoms with Gasteiger partial charge in [-0.05, 0) is 48.9 Å². The molecule has 26 heavy (non-hydrogen) atoms. The van der Waals surface area contributed by atoms with Crippen molar-refractivity contribution in [1.29, 1.82) is 0 Å². The predicted octanol–water partition coefficient (Wildman–Crippen LogP) is 4.87. The number of nitrogens with zero attached hydrogens (tertiary/aromatic N) is 1. The van der Waals surface area contributed by atoms with E-state index < -0.39 is 0 Å². The standard InChI is InChI=1S/C21H22FNO2S/c1-26-18-10-6-16(7-11-18)20(24)12-13-21(25)23-14-2-3-19(23)15-4-8-17(22)9-5-15/h4-11,19H,2-3,12-14H2,1H3/t19-/m1/s1. The molecule has 2 aromatic rings. The summed E-state index contributed by atoms with van der Waals surface area (Å²) >= 11 is 1.63. The lowest BCUT2D eigenvalue weighted by atomic mass is 10.0. The van der Waals surface area contributed by atoms with E-state index in [0.717, 1.165) is 23.3 Å². The number of benzene rings is 2. The van der Waals surface area contributed by atoms with Gasteiger partial charge in [-0.25, -0.2) is 4.39 Å². The number of ketones is 1. The Morgan fingerprint density at radius 1 is 1.08 bits per heavy atom. The Hall–Kier alpha value is -2.14. The minimum Gasteiger partial charge on any atom is -0.336 e. The normalized spacial score (nSPS) is 16.7. The summed E-state index contributed by atoms with van der Waals surface area (Å²) in [5.41, 5.74) is 1.60. The van der Waals surface area contributed by atoms with Crippen molar-refractivity contribution in [2.45, 2.75) is 36.6 Å². The summed E-state index contributed by atoms with van der Waals surface area (Å²) in [5.74, 6) is -0.294. The van der Waals surface area contributed by atoms with Gasteiger partial charge in [0, 0.05) is 29.8 Å². The first kappa shape index (κ1) is 18.6. The molecule has 1 amide bonds. The van der Waals surface area contributed by atoms with Crippen molar-refractivity contribution in [1.82, 2.24) is 4.90 Å². The van der Waals surface area contributed by atoms with Crippen molar-refractivity contribution in [2.75, 3.05) is 12.8 Å². The second kappa shape index (κ2) is 8.49. The summed E-state index contributed by atoms with van der Waals surface area (Å²) in [6.07, 6.45) is 4.22. The lowest BCUT2D eigenvalue weighted by Crippen LogP contribution is -2.30. The molecule has 0 N–H and O–H groups in total. The van der Waals surface area contributed by atoms with Crippen LogP contribution in [0.2, 0.25) is 0 Å². The number of Topliss-reactive ketones (excluding diaryl/α,β-unsaturated/α-hetero) is 1. The number of hydrogen-bond acceptors (Lipinski definition) is 3. The highest BCUT2D eigenvalue weighted by Gasteiger charge is 2.29. The number of halogens is 1. The summed E-state index contributed by atoms with van der Waals surface area (Å²) in [6.45, 7) is 0.692. The van der Waals surface area contributed by atoms with Crippen LogP contribution in [0.1, 0.15) is 47.6 Å². The second-order valence-corrected chi connectivity index (χ2v) is 7.33. The largest absolute Gasteiger partial charge is 0.336 e. The number of carbonyl (C=O) groups excluding carboxylic acids is 2. The smallest absolute Gasteiger partial charge is 0.223 e. The molecule has 0 bridgehead atoms. The minimum absolute atomic E-state index is 0.00842. The zero-order valence-corrected chi connectivity index (χ0v) is 15.6. The summed E-state index contributed by atoms with van der Waals surface area (Å²) in [5, 5.41) is 0. The maximum atomic E-state index is 13.1. The van der Waals surface area contributed by atoms with Crippen molar-refractivity contribution >= 4 is 23.5 Å². The predicted molar refractivity (Wildman–Crippen MR) is 102 cm³/mol. The van der Waals surface area contributed by atoms with Gasteiger partial charge >= 0.3 is 0 Å². The summed E-state index contributed by atoms with van der Waals surface area (Å²) in [7, 11) is 0. The lowest BCUT2D eigenvalue weighted by molar-refractivity contribution is -0.132. The van der Waals surface area contributed by atoms with Crippen LogP contribution in [0.15, 0.2) is 53.4 Å². The maximum Gasteiger partial charge on any atom is 0.223 e. The maximum absolute atomic E-state index is 13.1. The number of amides is 1. The van der Waals surface area contributed by atoms with Crippen LogP contribution in [0, 0.1) is 5.82 Å². The molecule has 0 unspecified atom stereocenters. The van der Waals surface area contributed by atoms with Crippen LogP contribution in [0.4, 0.5) is 4.39 Å². The number of carbonyl (C=O) groups is 2. The average molecular weight is 371 g/mol. The van der Waals surface area contributed by atoms with Gasteiger partial charge in [0.05, 0.1) is 6.04 Å². The topological polar surface area (TPSA) is 37.4 Å².